The van der Waals surface area contributed by atoms with Crippen LogP contribution in [-0.2, 0) is 21.0 Å². The van der Waals surface area contributed by atoms with Gasteiger partial charge >= 0.3 is 10.3 Å². The highest BCUT2D eigenvalue weighted by Gasteiger charge is 2.34. The van der Waals surface area contributed by atoms with Crippen LogP contribution in [0.25, 0.3) is 0 Å². The number of aliphatic hydroxyl groups excluding tert-OH is 1. The molecule has 2 aromatic heterocycles. The van der Waals surface area contributed by atoms with Crippen LogP contribution in [0.3, 0.4) is 0 Å². The fourth-order valence-electron chi connectivity index (χ4n) is 4.04. The number of carbonyl (C=O) groups is 1. The highest BCUT2D eigenvalue weighted by atomic mass is 32.2. The van der Waals surface area contributed by atoms with Gasteiger partial charge in [-0.05, 0) is 30.5 Å². The van der Waals surface area contributed by atoms with Gasteiger partial charge in [0.1, 0.15) is 17.8 Å². The van der Waals surface area contributed by atoms with Crippen LogP contribution in [-0.4, -0.2) is 57.8 Å². The van der Waals surface area contributed by atoms with Crippen molar-refractivity contribution in [2.45, 2.75) is 31.5 Å². The molecule has 1 fully saturated rings. The van der Waals surface area contributed by atoms with E-state index in [1.54, 1.807) is 29.1 Å². The number of rotatable bonds is 9. The van der Waals surface area contributed by atoms with Crippen molar-refractivity contribution in [3.8, 4) is 6.07 Å². The Morgan fingerprint density at radius 1 is 1.31 bits per heavy atom. The number of nitrogens with two attached hydrogens (primary N) is 1. The summed E-state index contributed by atoms with van der Waals surface area (Å²) in [5, 5.41) is 31.9. The molecule has 0 aliphatic heterocycles. The lowest BCUT2D eigenvalue weighted by Crippen LogP contribution is -2.24. The van der Waals surface area contributed by atoms with E-state index in [1.807, 2.05) is 12.1 Å². The van der Waals surface area contributed by atoms with Crippen LogP contribution in [0.4, 0.5) is 5.82 Å². The summed E-state index contributed by atoms with van der Waals surface area (Å²) < 4.78 is 28.3. The van der Waals surface area contributed by atoms with Crippen LogP contribution >= 0.6 is 0 Å². The summed E-state index contributed by atoms with van der Waals surface area (Å²) >= 11 is 0. The first kappa shape index (κ1) is 24.4. The van der Waals surface area contributed by atoms with Crippen molar-refractivity contribution in [2.75, 3.05) is 11.9 Å². The monoisotopic (exact) mass is 497 g/mol. The second-order valence-corrected chi connectivity index (χ2v) is 9.42. The molecular formula is C22H23N7O5S. The Morgan fingerprint density at radius 2 is 2.11 bits per heavy atom. The summed E-state index contributed by atoms with van der Waals surface area (Å²) in [4.78, 5) is 21.3. The van der Waals surface area contributed by atoms with E-state index < -0.39 is 28.1 Å². The van der Waals surface area contributed by atoms with Crippen molar-refractivity contribution in [3.63, 3.8) is 0 Å². The third kappa shape index (κ3) is 6.06. The molecule has 3 aromatic rings. The number of anilines is 1. The van der Waals surface area contributed by atoms with Crippen LogP contribution < -0.4 is 10.5 Å². The first-order valence-electron chi connectivity index (χ1n) is 10.7. The molecule has 0 spiro atoms. The Hall–Kier alpha value is -3.70. The summed E-state index contributed by atoms with van der Waals surface area (Å²) in [6.07, 6.45) is 4.23. The first-order chi connectivity index (χ1) is 16.7. The molecule has 0 saturated heterocycles. The standard InChI is InChI=1S/C22H23N7O5S/c23-9-14-3-1-2-4-15(14)11-29-6-5-19(28-29)21(31)18-10-25-13-26-22(18)27-17-7-16(20(30)8-17)12-34-35(24,32)33/h1-6,10,13,16-17,20,30H,7-8,11-12H2,(H2,24,32,33)(H,25,26,27)/t16-,17-,20+/m1/s1. The molecule has 0 unspecified atom stereocenters. The smallest absolute Gasteiger partial charge is 0.333 e. The molecule has 182 valence electrons. The van der Waals surface area contributed by atoms with E-state index in [9.17, 15) is 23.6 Å². The van der Waals surface area contributed by atoms with Crippen LogP contribution in [0.1, 0.15) is 40.0 Å². The van der Waals surface area contributed by atoms with E-state index in [1.165, 1.54) is 12.5 Å². The third-order valence-electron chi connectivity index (χ3n) is 5.74. The number of nitrogens with one attached hydrogen (secondary N) is 1. The number of aromatic nitrogens is 4. The first-order valence-corrected chi connectivity index (χ1v) is 12.2. The Kier molecular flexibility index (Phi) is 7.17. The van der Waals surface area contributed by atoms with Crippen LogP contribution in [0.5, 0.6) is 0 Å². The van der Waals surface area contributed by atoms with Crippen LogP contribution in [0, 0.1) is 17.2 Å². The minimum absolute atomic E-state index is 0.183. The van der Waals surface area contributed by atoms with Gasteiger partial charge in [0.25, 0.3) is 0 Å². The third-order valence-corrected chi connectivity index (χ3v) is 6.21. The summed E-state index contributed by atoms with van der Waals surface area (Å²) in [6.45, 7) is 0.0927. The van der Waals surface area contributed by atoms with Crippen LogP contribution in [0.2, 0.25) is 0 Å². The molecule has 3 atom stereocenters. The number of hydrogen-bond donors (Lipinski definition) is 3. The molecule has 35 heavy (non-hydrogen) atoms. The lowest BCUT2D eigenvalue weighted by molar-refractivity contribution is 0.101. The van der Waals surface area contributed by atoms with E-state index in [-0.39, 0.29) is 29.7 Å². The van der Waals surface area contributed by atoms with Gasteiger partial charge in [-0.2, -0.15) is 18.8 Å². The maximum atomic E-state index is 13.2. The highest BCUT2D eigenvalue weighted by molar-refractivity contribution is 7.84. The molecule has 0 radical (unpaired) electrons. The van der Waals surface area contributed by atoms with E-state index in [4.69, 9.17) is 5.14 Å². The van der Waals surface area contributed by atoms with Crippen molar-refractivity contribution < 1.29 is 22.5 Å². The van der Waals surface area contributed by atoms with E-state index in [0.717, 1.165) is 5.56 Å². The predicted octanol–water partition coefficient (Wildman–Crippen LogP) is 0.596. The Bertz CT molecular complexity index is 1370. The number of nitriles is 1. The van der Waals surface area contributed by atoms with Gasteiger partial charge in [-0.1, -0.05) is 18.2 Å². The summed E-state index contributed by atoms with van der Waals surface area (Å²) in [7, 11) is -4.10. The predicted molar refractivity (Wildman–Crippen MR) is 123 cm³/mol. The van der Waals surface area contributed by atoms with Gasteiger partial charge in [0, 0.05) is 24.4 Å². The quantitative estimate of drug-likeness (QED) is 0.353. The van der Waals surface area contributed by atoms with E-state index in [0.29, 0.717) is 24.9 Å². The van der Waals surface area contributed by atoms with Crippen molar-refractivity contribution in [1.82, 2.24) is 19.7 Å². The number of nitrogens with zero attached hydrogens (tertiary/aromatic N) is 5. The Labute approximate surface area is 201 Å². The number of ketones is 1. The van der Waals surface area contributed by atoms with Crippen molar-refractivity contribution in [3.05, 3.63) is 71.4 Å². The number of hydrogen-bond acceptors (Lipinski definition) is 10. The van der Waals surface area contributed by atoms with Gasteiger partial charge in [0.05, 0.1) is 36.5 Å². The summed E-state index contributed by atoms with van der Waals surface area (Å²) in [5.41, 5.74) is 1.70. The molecule has 1 aliphatic rings. The maximum absolute atomic E-state index is 13.2. The van der Waals surface area contributed by atoms with Gasteiger partial charge in [0.15, 0.2) is 0 Å². The molecular weight excluding hydrogens is 474 g/mol. The SMILES string of the molecule is N#Cc1ccccc1Cn1ccc(C(=O)c2cncnc2N[C@@H]2C[C@H](COS(N)(=O)=O)[C@@H](O)C2)n1. The van der Waals surface area contributed by atoms with Crippen molar-refractivity contribution >= 4 is 21.9 Å². The van der Waals surface area contributed by atoms with Gasteiger partial charge in [-0.3, -0.25) is 13.7 Å². The molecule has 0 amide bonds. The molecule has 0 bridgehead atoms. The van der Waals surface area contributed by atoms with Gasteiger partial charge in [-0.15, -0.1) is 0 Å². The molecule has 4 rings (SSSR count). The zero-order valence-electron chi connectivity index (χ0n) is 18.5. The zero-order chi connectivity index (χ0) is 25.0. The van der Waals surface area contributed by atoms with Crippen LogP contribution in [0.15, 0.2) is 49.1 Å². The van der Waals surface area contributed by atoms with E-state index in [2.05, 4.69) is 30.6 Å². The average Bonchev–Trinajstić information content (AvgIpc) is 3.43. The minimum atomic E-state index is -4.10. The van der Waals surface area contributed by atoms with E-state index >= 15 is 0 Å². The number of carbonyl (C=O) groups excluding carboxylic acids is 1. The molecule has 13 heteroatoms. The summed E-state index contributed by atoms with van der Waals surface area (Å²) in [5.74, 6) is -0.563. The maximum Gasteiger partial charge on any atom is 0.333 e. The largest absolute Gasteiger partial charge is 0.393 e. The fraction of sp³-hybridized carbons (Fsp3) is 0.318. The minimum Gasteiger partial charge on any atom is -0.393 e. The van der Waals surface area contributed by atoms with Gasteiger partial charge in [0.2, 0.25) is 5.78 Å². The second-order valence-electron chi connectivity index (χ2n) is 8.20. The molecule has 1 aromatic carbocycles. The number of aliphatic hydroxyl groups is 1. The lowest BCUT2D eigenvalue weighted by atomic mass is 10.1. The van der Waals surface area contributed by atoms with Crippen molar-refractivity contribution in [1.29, 1.82) is 5.26 Å². The normalized spacial score (nSPS) is 19.9. The second kappa shape index (κ2) is 10.3. The molecule has 1 saturated carbocycles. The molecule has 12 nitrogen and oxygen atoms in total. The number of benzene rings is 1. The molecule has 1 aliphatic carbocycles. The highest BCUT2D eigenvalue weighted by Crippen LogP contribution is 2.30. The summed E-state index contributed by atoms with van der Waals surface area (Å²) in [6, 6.07) is 10.6. The lowest BCUT2D eigenvalue weighted by Gasteiger charge is -2.15. The van der Waals surface area contributed by atoms with Gasteiger partial charge in [-0.25, -0.2) is 15.1 Å². The molecule has 4 N–H and O–H groups in total. The van der Waals surface area contributed by atoms with Gasteiger partial charge < -0.3 is 10.4 Å². The fourth-order valence-corrected chi connectivity index (χ4v) is 4.40. The molecule has 2 heterocycles. The average molecular weight is 498 g/mol. The Morgan fingerprint density at radius 3 is 2.89 bits per heavy atom. The van der Waals surface area contributed by atoms with Crippen molar-refractivity contribution in [2.24, 2.45) is 11.1 Å². The topological polar surface area (TPSA) is 186 Å². The Balaban J connectivity index is 1.46. The zero-order valence-corrected chi connectivity index (χ0v) is 19.3.